The fourth-order valence-electron chi connectivity index (χ4n) is 1.58. The van der Waals surface area contributed by atoms with E-state index in [0.29, 0.717) is 11.4 Å². The van der Waals surface area contributed by atoms with Crippen molar-refractivity contribution in [3.8, 4) is 0 Å². The molecule has 0 aliphatic heterocycles. The van der Waals surface area contributed by atoms with E-state index in [0.717, 1.165) is 6.54 Å². The first-order valence-electron chi connectivity index (χ1n) is 5.94. The van der Waals surface area contributed by atoms with Crippen molar-refractivity contribution >= 4 is 27.3 Å². The Labute approximate surface area is 119 Å². The number of anilines is 1. The Balaban J connectivity index is 2.83. The smallest absolute Gasteiger partial charge is 0.242 e. The quantitative estimate of drug-likeness (QED) is 0.782. The SMILES string of the molecule is CC(CCN(C)C)NS(=O)(=O)c1cc(Cl)ccc1N. The van der Waals surface area contributed by atoms with Crippen LogP contribution in [0, 0.1) is 0 Å². The number of nitrogen functional groups attached to an aromatic ring is 1. The first kappa shape index (κ1) is 16.2. The van der Waals surface area contributed by atoms with Gasteiger partial charge in [-0.05, 0) is 52.2 Å². The van der Waals surface area contributed by atoms with Gasteiger partial charge in [0, 0.05) is 11.1 Å². The highest BCUT2D eigenvalue weighted by molar-refractivity contribution is 7.89. The van der Waals surface area contributed by atoms with Gasteiger partial charge in [-0.25, -0.2) is 13.1 Å². The van der Waals surface area contributed by atoms with Crippen LogP contribution < -0.4 is 10.5 Å². The van der Waals surface area contributed by atoms with Crippen LogP contribution in [0.5, 0.6) is 0 Å². The van der Waals surface area contributed by atoms with Crippen LogP contribution in [0.25, 0.3) is 0 Å². The van der Waals surface area contributed by atoms with Gasteiger partial charge in [0.1, 0.15) is 4.90 Å². The van der Waals surface area contributed by atoms with Crippen molar-refractivity contribution < 1.29 is 8.42 Å². The van der Waals surface area contributed by atoms with Crippen LogP contribution in [0.4, 0.5) is 5.69 Å². The number of nitrogens with zero attached hydrogens (tertiary/aromatic N) is 1. The molecule has 19 heavy (non-hydrogen) atoms. The van der Waals surface area contributed by atoms with E-state index >= 15 is 0 Å². The number of sulfonamides is 1. The minimum absolute atomic E-state index is 0.0247. The summed E-state index contributed by atoms with van der Waals surface area (Å²) >= 11 is 5.81. The fourth-order valence-corrected chi connectivity index (χ4v) is 3.25. The fraction of sp³-hybridized carbons (Fsp3) is 0.500. The van der Waals surface area contributed by atoms with E-state index in [1.54, 1.807) is 6.07 Å². The van der Waals surface area contributed by atoms with Crippen LogP contribution in [0.15, 0.2) is 23.1 Å². The number of hydrogen-bond acceptors (Lipinski definition) is 4. The molecule has 0 radical (unpaired) electrons. The molecule has 1 aromatic carbocycles. The summed E-state index contributed by atoms with van der Waals surface area (Å²) in [6.45, 7) is 2.62. The summed E-state index contributed by atoms with van der Waals surface area (Å²) in [6, 6.07) is 4.23. The van der Waals surface area contributed by atoms with Gasteiger partial charge in [0.15, 0.2) is 0 Å². The van der Waals surface area contributed by atoms with Gasteiger partial charge in [0.25, 0.3) is 0 Å². The second-order valence-electron chi connectivity index (χ2n) is 4.80. The van der Waals surface area contributed by atoms with Crippen molar-refractivity contribution in [2.45, 2.75) is 24.3 Å². The summed E-state index contributed by atoms with van der Waals surface area (Å²) in [7, 11) is 0.243. The third-order valence-electron chi connectivity index (χ3n) is 2.63. The zero-order chi connectivity index (χ0) is 14.6. The Morgan fingerprint density at radius 3 is 2.63 bits per heavy atom. The minimum atomic E-state index is -3.64. The summed E-state index contributed by atoms with van der Waals surface area (Å²) in [5.74, 6) is 0. The average Bonchev–Trinajstić information content (AvgIpc) is 2.29. The van der Waals surface area contributed by atoms with Crippen LogP contribution >= 0.6 is 11.6 Å². The van der Waals surface area contributed by atoms with E-state index in [9.17, 15) is 8.42 Å². The summed E-state index contributed by atoms with van der Waals surface area (Å²) in [4.78, 5) is 2.02. The van der Waals surface area contributed by atoms with Crippen LogP contribution in [-0.4, -0.2) is 40.0 Å². The van der Waals surface area contributed by atoms with Crippen molar-refractivity contribution in [1.82, 2.24) is 9.62 Å². The van der Waals surface area contributed by atoms with Gasteiger partial charge < -0.3 is 10.6 Å². The standard InChI is InChI=1S/C12H20ClN3O2S/c1-9(6-7-16(2)3)15-19(17,18)12-8-10(13)4-5-11(12)14/h4-5,8-9,15H,6-7,14H2,1-3H3. The summed E-state index contributed by atoms with van der Waals surface area (Å²) < 4.78 is 27.0. The van der Waals surface area contributed by atoms with Crippen molar-refractivity contribution in [2.75, 3.05) is 26.4 Å². The van der Waals surface area contributed by atoms with Gasteiger partial charge >= 0.3 is 0 Å². The summed E-state index contributed by atoms with van der Waals surface area (Å²) in [5.41, 5.74) is 5.88. The predicted molar refractivity (Wildman–Crippen MR) is 78.8 cm³/mol. The molecule has 1 aromatic rings. The van der Waals surface area contributed by atoms with Gasteiger partial charge in [-0.3, -0.25) is 0 Å². The van der Waals surface area contributed by atoms with Crippen molar-refractivity contribution in [2.24, 2.45) is 0 Å². The van der Waals surface area contributed by atoms with Gasteiger partial charge in [-0.1, -0.05) is 11.6 Å². The Morgan fingerprint density at radius 1 is 1.42 bits per heavy atom. The summed E-state index contributed by atoms with van der Waals surface area (Å²) in [5, 5.41) is 0.343. The molecule has 1 rings (SSSR count). The zero-order valence-electron chi connectivity index (χ0n) is 11.4. The van der Waals surface area contributed by atoms with E-state index < -0.39 is 10.0 Å². The van der Waals surface area contributed by atoms with E-state index in [1.165, 1.54) is 12.1 Å². The molecule has 0 fully saturated rings. The monoisotopic (exact) mass is 305 g/mol. The molecule has 5 nitrogen and oxygen atoms in total. The lowest BCUT2D eigenvalue weighted by molar-refractivity contribution is 0.379. The molecule has 0 saturated heterocycles. The number of rotatable bonds is 6. The Morgan fingerprint density at radius 2 is 2.05 bits per heavy atom. The normalized spacial score (nSPS) is 13.7. The molecule has 0 heterocycles. The number of nitrogens with two attached hydrogens (primary N) is 1. The van der Waals surface area contributed by atoms with Crippen molar-refractivity contribution in [3.63, 3.8) is 0 Å². The van der Waals surface area contributed by atoms with E-state index in [-0.39, 0.29) is 16.6 Å². The molecule has 0 amide bonds. The number of halogens is 1. The van der Waals surface area contributed by atoms with Gasteiger partial charge in [0.2, 0.25) is 10.0 Å². The molecular weight excluding hydrogens is 286 g/mol. The lowest BCUT2D eigenvalue weighted by atomic mass is 10.2. The topological polar surface area (TPSA) is 75.4 Å². The Kier molecular flexibility index (Phi) is 5.61. The van der Waals surface area contributed by atoms with Crippen LogP contribution in [-0.2, 0) is 10.0 Å². The van der Waals surface area contributed by atoms with E-state index in [2.05, 4.69) is 4.72 Å². The maximum Gasteiger partial charge on any atom is 0.242 e. The third-order valence-corrected chi connectivity index (χ3v) is 4.51. The maximum atomic E-state index is 12.2. The van der Waals surface area contributed by atoms with Gasteiger partial charge in [-0.2, -0.15) is 0 Å². The molecule has 0 spiro atoms. The van der Waals surface area contributed by atoms with E-state index in [4.69, 9.17) is 17.3 Å². The Bertz CT molecular complexity index is 532. The van der Waals surface area contributed by atoms with Crippen molar-refractivity contribution in [1.29, 1.82) is 0 Å². The largest absolute Gasteiger partial charge is 0.398 e. The van der Waals surface area contributed by atoms with Crippen LogP contribution in [0.3, 0.4) is 0 Å². The molecule has 0 aromatic heterocycles. The molecular formula is C12H20ClN3O2S. The first-order valence-corrected chi connectivity index (χ1v) is 7.80. The maximum absolute atomic E-state index is 12.2. The highest BCUT2D eigenvalue weighted by atomic mass is 35.5. The minimum Gasteiger partial charge on any atom is -0.398 e. The lowest BCUT2D eigenvalue weighted by Crippen LogP contribution is -2.35. The molecule has 1 atom stereocenters. The molecule has 0 saturated carbocycles. The molecule has 0 aliphatic carbocycles. The highest BCUT2D eigenvalue weighted by Gasteiger charge is 2.20. The number of nitrogens with one attached hydrogen (secondary N) is 1. The number of hydrogen-bond donors (Lipinski definition) is 2. The van der Waals surface area contributed by atoms with Crippen molar-refractivity contribution in [3.05, 3.63) is 23.2 Å². The highest BCUT2D eigenvalue weighted by Crippen LogP contribution is 2.22. The van der Waals surface area contributed by atoms with Crippen LogP contribution in [0.1, 0.15) is 13.3 Å². The lowest BCUT2D eigenvalue weighted by Gasteiger charge is -2.17. The van der Waals surface area contributed by atoms with Crippen LogP contribution in [0.2, 0.25) is 5.02 Å². The average molecular weight is 306 g/mol. The van der Waals surface area contributed by atoms with E-state index in [1.807, 2.05) is 25.9 Å². The molecule has 108 valence electrons. The molecule has 7 heteroatoms. The molecule has 1 unspecified atom stereocenters. The van der Waals surface area contributed by atoms with Gasteiger partial charge in [0.05, 0.1) is 5.69 Å². The summed E-state index contributed by atoms with van der Waals surface area (Å²) in [6.07, 6.45) is 0.715. The third kappa shape index (κ3) is 4.99. The zero-order valence-corrected chi connectivity index (χ0v) is 12.9. The van der Waals surface area contributed by atoms with Gasteiger partial charge in [-0.15, -0.1) is 0 Å². The second kappa shape index (κ2) is 6.56. The number of benzene rings is 1. The Hall–Kier alpha value is -0.820. The molecule has 3 N–H and O–H groups in total. The predicted octanol–water partition coefficient (Wildman–Crippen LogP) is 1.54. The first-order chi connectivity index (χ1) is 8.72. The molecule has 0 bridgehead atoms. The molecule has 0 aliphatic rings. The second-order valence-corrected chi connectivity index (χ2v) is 6.92.